The van der Waals surface area contributed by atoms with Crippen LogP contribution in [0.15, 0.2) is 30.3 Å². The fourth-order valence-corrected chi connectivity index (χ4v) is 3.26. The third kappa shape index (κ3) is 4.80. The van der Waals surface area contributed by atoms with Crippen LogP contribution < -0.4 is 5.32 Å². The molecule has 0 aliphatic carbocycles. The fourth-order valence-electron chi connectivity index (χ4n) is 3.26. The smallest absolute Gasteiger partial charge is 0.247 e. The number of hydrogen-bond donors (Lipinski definition) is 1. The highest BCUT2D eigenvalue weighted by Gasteiger charge is 2.34. The van der Waals surface area contributed by atoms with Crippen molar-refractivity contribution < 1.29 is 19.1 Å². The van der Waals surface area contributed by atoms with E-state index < -0.39 is 12.3 Å². The van der Waals surface area contributed by atoms with Gasteiger partial charge in [0.25, 0.3) is 0 Å². The molecule has 1 aliphatic heterocycles. The highest BCUT2D eigenvalue weighted by molar-refractivity contribution is 5.89. The molecule has 1 aromatic carbocycles. The number of hydrogen-bond acceptors (Lipinski definition) is 4. The third-order valence-corrected chi connectivity index (χ3v) is 4.60. The van der Waals surface area contributed by atoms with Crippen LogP contribution in [-0.2, 0) is 19.1 Å². The summed E-state index contributed by atoms with van der Waals surface area (Å²) in [5, 5.41) is 3.00. The molecule has 1 aliphatic rings. The van der Waals surface area contributed by atoms with Gasteiger partial charge in [0.15, 0.2) is 6.29 Å². The number of amides is 2. The Hall–Kier alpha value is -1.92. The molecule has 0 unspecified atom stereocenters. The molecule has 1 saturated heterocycles. The molecule has 0 aromatic heterocycles. The first kappa shape index (κ1) is 19.4. The minimum Gasteiger partial charge on any atom is -0.354 e. The quantitative estimate of drug-likeness (QED) is 0.732. The lowest BCUT2D eigenvalue weighted by Crippen LogP contribution is -2.51. The van der Waals surface area contributed by atoms with E-state index in [9.17, 15) is 9.59 Å². The molecule has 2 rings (SSSR count). The van der Waals surface area contributed by atoms with E-state index in [0.717, 1.165) is 18.4 Å². The van der Waals surface area contributed by atoms with Crippen LogP contribution in [0.25, 0.3) is 0 Å². The normalized spacial score (nSPS) is 17.4. The first-order chi connectivity index (χ1) is 12.1. The van der Waals surface area contributed by atoms with Crippen molar-refractivity contribution in [1.29, 1.82) is 0 Å². The Kier molecular flexibility index (Phi) is 7.40. The van der Waals surface area contributed by atoms with Crippen LogP contribution in [0.2, 0.25) is 0 Å². The van der Waals surface area contributed by atoms with E-state index in [1.165, 1.54) is 0 Å². The van der Waals surface area contributed by atoms with Crippen molar-refractivity contribution in [2.45, 2.75) is 51.0 Å². The SMILES string of the molecule is CC[C@@H](NC(=O)[C@@H](c1ccccc1)N1CCCCC1=O)C(OC)OC. The zero-order chi connectivity index (χ0) is 18.2. The summed E-state index contributed by atoms with van der Waals surface area (Å²) in [5.74, 6) is -0.175. The van der Waals surface area contributed by atoms with Crippen molar-refractivity contribution in [3.63, 3.8) is 0 Å². The summed E-state index contributed by atoms with van der Waals surface area (Å²) in [5.41, 5.74) is 0.816. The van der Waals surface area contributed by atoms with Crippen LogP contribution in [-0.4, -0.2) is 49.8 Å². The van der Waals surface area contributed by atoms with Gasteiger partial charge in [-0.1, -0.05) is 37.3 Å². The van der Waals surface area contributed by atoms with Gasteiger partial charge >= 0.3 is 0 Å². The number of nitrogens with zero attached hydrogens (tertiary/aromatic N) is 1. The predicted octanol–water partition coefficient (Wildman–Crippen LogP) is 2.25. The Bertz CT molecular complexity index is 560. The number of carbonyl (C=O) groups is 2. The molecule has 0 radical (unpaired) electrons. The molecule has 1 N–H and O–H groups in total. The number of methoxy groups -OCH3 is 2. The Balaban J connectivity index is 2.25. The number of likely N-dealkylation sites (tertiary alicyclic amines) is 1. The Morgan fingerprint density at radius 2 is 1.88 bits per heavy atom. The summed E-state index contributed by atoms with van der Waals surface area (Å²) in [6.45, 7) is 2.56. The largest absolute Gasteiger partial charge is 0.354 e. The van der Waals surface area contributed by atoms with Crippen molar-refractivity contribution in [1.82, 2.24) is 10.2 Å². The van der Waals surface area contributed by atoms with Crippen molar-refractivity contribution in [3.05, 3.63) is 35.9 Å². The maximum Gasteiger partial charge on any atom is 0.247 e. The minimum atomic E-state index is -0.627. The van der Waals surface area contributed by atoms with E-state index in [2.05, 4.69) is 5.32 Å². The average Bonchev–Trinajstić information content (AvgIpc) is 2.64. The molecule has 1 heterocycles. The first-order valence-electron chi connectivity index (χ1n) is 8.82. The lowest BCUT2D eigenvalue weighted by atomic mass is 10.00. The second kappa shape index (κ2) is 9.53. The topological polar surface area (TPSA) is 67.9 Å². The predicted molar refractivity (Wildman–Crippen MR) is 94.8 cm³/mol. The lowest BCUT2D eigenvalue weighted by Gasteiger charge is -2.35. The number of carbonyl (C=O) groups excluding carboxylic acids is 2. The standard InChI is InChI=1S/C19H28N2O4/c1-4-15(19(24-2)25-3)20-18(23)17(14-10-6-5-7-11-14)21-13-9-8-12-16(21)22/h5-7,10-11,15,17,19H,4,8-9,12-13H2,1-3H3,(H,20,23)/t15-,17-/m1/s1. The Morgan fingerprint density at radius 1 is 1.20 bits per heavy atom. The highest BCUT2D eigenvalue weighted by Crippen LogP contribution is 2.26. The van der Waals surface area contributed by atoms with Crippen LogP contribution in [0, 0.1) is 0 Å². The highest BCUT2D eigenvalue weighted by atomic mass is 16.7. The summed E-state index contributed by atoms with van der Waals surface area (Å²) in [7, 11) is 3.09. The molecule has 0 bridgehead atoms. The van der Waals surface area contributed by atoms with Crippen LogP contribution in [0.1, 0.15) is 44.2 Å². The monoisotopic (exact) mass is 348 g/mol. The van der Waals surface area contributed by atoms with Crippen LogP contribution >= 0.6 is 0 Å². The molecule has 2 amide bonds. The van der Waals surface area contributed by atoms with Crippen LogP contribution in [0.4, 0.5) is 0 Å². The molecular weight excluding hydrogens is 320 g/mol. The zero-order valence-electron chi connectivity index (χ0n) is 15.2. The second-order valence-electron chi connectivity index (χ2n) is 6.22. The average molecular weight is 348 g/mol. The van der Waals surface area contributed by atoms with Gasteiger partial charge in [-0.2, -0.15) is 0 Å². The molecule has 0 saturated carbocycles. The second-order valence-corrected chi connectivity index (χ2v) is 6.22. The fraction of sp³-hybridized carbons (Fsp3) is 0.579. The summed E-state index contributed by atoms with van der Waals surface area (Å²) in [6.07, 6.45) is 2.42. The number of benzene rings is 1. The summed E-state index contributed by atoms with van der Waals surface area (Å²) in [4.78, 5) is 27.2. The molecule has 1 fully saturated rings. The molecule has 6 heteroatoms. The molecule has 25 heavy (non-hydrogen) atoms. The van der Waals surface area contributed by atoms with Crippen molar-refractivity contribution in [3.8, 4) is 0 Å². The molecule has 2 atom stereocenters. The van der Waals surface area contributed by atoms with Gasteiger partial charge in [0.05, 0.1) is 6.04 Å². The number of nitrogens with one attached hydrogen (secondary N) is 1. The lowest BCUT2D eigenvalue weighted by molar-refractivity contribution is -0.148. The van der Waals surface area contributed by atoms with Gasteiger partial charge in [0.1, 0.15) is 6.04 Å². The van der Waals surface area contributed by atoms with Gasteiger partial charge in [0.2, 0.25) is 11.8 Å². The van der Waals surface area contributed by atoms with E-state index in [1.54, 1.807) is 19.1 Å². The molecule has 0 spiro atoms. The van der Waals surface area contributed by atoms with Crippen molar-refractivity contribution >= 4 is 11.8 Å². The maximum atomic E-state index is 13.1. The van der Waals surface area contributed by atoms with E-state index in [0.29, 0.717) is 19.4 Å². The van der Waals surface area contributed by atoms with Gasteiger partial charge < -0.3 is 19.7 Å². The maximum absolute atomic E-state index is 13.1. The Morgan fingerprint density at radius 3 is 2.44 bits per heavy atom. The summed E-state index contributed by atoms with van der Waals surface area (Å²) >= 11 is 0. The van der Waals surface area contributed by atoms with E-state index in [1.807, 2.05) is 37.3 Å². The van der Waals surface area contributed by atoms with Gasteiger partial charge in [-0.3, -0.25) is 9.59 Å². The zero-order valence-corrected chi connectivity index (χ0v) is 15.2. The molecular formula is C19H28N2O4. The number of ether oxygens (including phenoxy) is 2. The molecule has 6 nitrogen and oxygen atoms in total. The molecule has 138 valence electrons. The van der Waals surface area contributed by atoms with Crippen LogP contribution in [0.5, 0.6) is 0 Å². The van der Waals surface area contributed by atoms with E-state index in [4.69, 9.17) is 9.47 Å². The first-order valence-corrected chi connectivity index (χ1v) is 8.82. The van der Waals surface area contributed by atoms with E-state index >= 15 is 0 Å². The van der Waals surface area contributed by atoms with Crippen molar-refractivity contribution in [2.75, 3.05) is 20.8 Å². The third-order valence-electron chi connectivity index (χ3n) is 4.60. The van der Waals surface area contributed by atoms with E-state index in [-0.39, 0.29) is 17.9 Å². The number of rotatable bonds is 8. The number of piperidine rings is 1. The summed E-state index contributed by atoms with van der Waals surface area (Å²) < 4.78 is 10.6. The van der Waals surface area contributed by atoms with Crippen molar-refractivity contribution in [2.24, 2.45) is 0 Å². The molecule has 1 aromatic rings. The minimum absolute atomic E-state index is 0.0262. The van der Waals surface area contributed by atoms with Crippen LogP contribution in [0.3, 0.4) is 0 Å². The van der Waals surface area contributed by atoms with Gasteiger partial charge in [-0.05, 0) is 24.8 Å². The Labute approximate surface area is 149 Å². The van der Waals surface area contributed by atoms with Gasteiger partial charge in [0, 0.05) is 27.2 Å². The van der Waals surface area contributed by atoms with Gasteiger partial charge in [-0.25, -0.2) is 0 Å². The summed E-state index contributed by atoms with van der Waals surface area (Å²) in [6, 6.07) is 8.53. The van der Waals surface area contributed by atoms with Gasteiger partial charge in [-0.15, -0.1) is 0 Å².